The number of rotatable bonds is 7. The molecular formula is C18H15Cl2NO6. The number of aliphatic carboxylic acids is 1. The summed E-state index contributed by atoms with van der Waals surface area (Å²) in [6.45, 7) is 1.51. The van der Waals surface area contributed by atoms with Gasteiger partial charge in [0.25, 0.3) is 11.7 Å². The number of phenolic OH excluding ortho intramolecular Hbond substituents is 1. The van der Waals surface area contributed by atoms with Gasteiger partial charge in [0.15, 0.2) is 0 Å². The van der Waals surface area contributed by atoms with Gasteiger partial charge in [0.05, 0.1) is 16.5 Å². The number of ketones is 1. The number of amides is 1. The summed E-state index contributed by atoms with van der Waals surface area (Å²) in [5.41, 5.74) is -0.00721. The summed E-state index contributed by atoms with van der Waals surface area (Å²) in [6, 6.07) is 8.39. The average Bonchev–Trinajstić information content (AvgIpc) is 2.63. The molecule has 7 nitrogen and oxygen atoms in total. The van der Waals surface area contributed by atoms with E-state index in [1.165, 1.54) is 37.3 Å². The lowest BCUT2D eigenvalue weighted by Gasteiger charge is -2.10. The van der Waals surface area contributed by atoms with Gasteiger partial charge in [-0.05, 0) is 43.3 Å². The van der Waals surface area contributed by atoms with Crippen LogP contribution in [-0.4, -0.2) is 34.5 Å². The Hall–Kier alpha value is -2.77. The first-order valence-electron chi connectivity index (χ1n) is 7.68. The molecule has 0 aliphatic rings. The Labute approximate surface area is 164 Å². The van der Waals surface area contributed by atoms with Crippen LogP contribution >= 0.6 is 23.2 Å². The molecule has 2 aromatic carbocycles. The molecule has 2 aromatic rings. The maximum atomic E-state index is 12.2. The van der Waals surface area contributed by atoms with Crippen LogP contribution in [0.15, 0.2) is 36.4 Å². The maximum Gasteiger partial charge on any atom is 0.309 e. The first kappa shape index (κ1) is 20.5. The topological polar surface area (TPSA) is 113 Å². The van der Waals surface area contributed by atoms with E-state index in [0.29, 0.717) is 11.4 Å². The van der Waals surface area contributed by atoms with Crippen LogP contribution in [0.5, 0.6) is 11.5 Å². The molecule has 2 rings (SSSR count). The van der Waals surface area contributed by atoms with E-state index in [2.05, 4.69) is 5.32 Å². The second-order valence-electron chi connectivity index (χ2n) is 5.64. The minimum atomic E-state index is -1.01. The number of phenols is 1. The molecule has 0 radical (unpaired) electrons. The Morgan fingerprint density at radius 2 is 1.78 bits per heavy atom. The van der Waals surface area contributed by atoms with Gasteiger partial charge in [-0.25, -0.2) is 0 Å². The maximum absolute atomic E-state index is 12.2. The third-order valence-electron chi connectivity index (χ3n) is 3.51. The van der Waals surface area contributed by atoms with Crippen molar-refractivity contribution >= 4 is 46.5 Å². The van der Waals surface area contributed by atoms with Crippen LogP contribution in [0, 0.1) is 5.92 Å². The highest BCUT2D eigenvalue weighted by molar-refractivity contribution is 6.48. The molecule has 27 heavy (non-hydrogen) atoms. The molecular weight excluding hydrogens is 397 g/mol. The van der Waals surface area contributed by atoms with Crippen molar-refractivity contribution in [2.24, 2.45) is 5.92 Å². The molecule has 0 spiro atoms. The average molecular weight is 412 g/mol. The number of halogens is 2. The Balaban J connectivity index is 2.03. The monoisotopic (exact) mass is 411 g/mol. The molecule has 0 heterocycles. The second-order valence-corrected chi connectivity index (χ2v) is 6.49. The Kier molecular flexibility index (Phi) is 6.65. The first-order chi connectivity index (χ1) is 12.7. The highest BCUT2D eigenvalue weighted by atomic mass is 35.5. The van der Waals surface area contributed by atoms with Crippen molar-refractivity contribution < 1.29 is 29.3 Å². The summed E-state index contributed by atoms with van der Waals surface area (Å²) in [4.78, 5) is 35.1. The molecule has 0 bridgehead atoms. The predicted molar refractivity (Wildman–Crippen MR) is 99.8 cm³/mol. The Morgan fingerprint density at radius 1 is 1.15 bits per heavy atom. The molecule has 0 aliphatic carbocycles. The van der Waals surface area contributed by atoms with Gasteiger partial charge in [0.1, 0.15) is 18.1 Å². The number of anilines is 1. The van der Waals surface area contributed by atoms with Crippen LogP contribution in [-0.2, 0) is 9.59 Å². The number of carbonyl (C=O) groups excluding carboxylic acids is 2. The summed E-state index contributed by atoms with van der Waals surface area (Å²) in [6.07, 6.45) is 0. The predicted octanol–water partition coefficient (Wildman–Crippen LogP) is 3.62. The van der Waals surface area contributed by atoms with E-state index in [0.717, 1.165) is 6.07 Å². The van der Waals surface area contributed by atoms with E-state index in [9.17, 15) is 19.5 Å². The number of hydrogen-bond acceptors (Lipinski definition) is 5. The van der Waals surface area contributed by atoms with Crippen molar-refractivity contribution in [3.63, 3.8) is 0 Å². The fourth-order valence-electron chi connectivity index (χ4n) is 1.98. The molecule has 0 fully saturated rings. The molecule has 1 unspecified atom stereocenters. The summed E-state index contributed by atoms with van der Waals surface area (Å²) >= 11 is 11.5. The van der Waals surface area contributed by atoms with E-state index in [1.54, 1.807) is 0 Å². The number of benzene rings is 2. The minimum Gasteiger partial charge on any atom is -0.506 e. The SMILES string of the molecule is CC(COc1ccc(NC(=O)C(=O)c2cc(Cl)cc(Cl)c2O)cc1)C(=O)O. The van der Waals surface area contributed by atoms with Gasteiger partial charge >= 0.3 is 5.97 Å². The lowest BCUT2D eigenvalue weighted by molar-refractivity contribution is -0.142. The minimum absolute atomic E-state index is 0.00563. The molecule has 3 N–H and O–H groups in total. The zero-order valence-corrected chi connectivity index (χ0v) is 15.5. The molecule has 0 saturated carbocycles. The second kappa shape index (κ2) is 8.75. The van der Waals surface area contributed by atoms with Crippen molar-refractivity contribution in [3.05, 3.63) is 52.0 Å². The van der Waals surface area contributed by atoms with E-state index in [4.69, 9.17) is 33.0 Å². The standard InChI is InChI=1S/C18H15Cl2NO6/c1-9(18(25)26)8-27-12-4-2-11(3-5-12)21-17(24)16(23)13-6-10(19)7-14(20)15(13)22/h2-7,9,22H,8H2,1H3,(H,21,24)(H,25,26). The molecule has 142 valence electrons. The van der Waals surface area contributed by atoms with Crippen molar-refractivity contribution in [2.75, 3.05) is 11.9 Å². The smallest absolute Gasteiger partial charge is 0.309 e. The number of hydrogen-bond donors (Lipinski definition) is 3. The normalized spacial score (nSPS) is 11.5. The fourth-order valence-corrected chi connectivity index (χ4v) is 2.47. The van der Waals surface area contributed by atoms with E-state index < -0.39 is 29.3 Å². The van der Waals surface area contributed by atoms with Crippen LogP contribution in [0.1, 0.15) is 17.3 Å². The highest BCUT2D eigenvalue weighted by Gasteiger charge is 2.22. The molecule has 9 heteroatoms. The van der Waals surface area contributed by atoms with Crippen LogP contribution < -0.4 is 10.1 Å². The molecule has 0 saturated heterocycles. The van der Waals surface area contributed by atoms with Gasteiger partial charge in [-0.3, -0.25) is 14.4 Å². The van der Waals surface area contributed by atoms with Crippen LogP contribution in [0.25, 0.3) is 0 Å². The quantitative estimate of drug-likeness (QED) is 0.473. The van der Waals surface area contributed by atoms with Crippen LogP contribution in [0.2, 0.25) is 10.0 Å². The van der Waals surface area contributed by atoms with Gasteiger partial charge in [0, 0.05) is 10.7 Å². The van der Waals surface area contributed by atoms with Crippen molar-refractivity contribution in [3.8, 4) is 11.5 Å². The van der Waals surface area contributed by atoms with Crippen molar-refractivity contribution in [2.45, 2.75) is 6.92 Å². The van der Waals surface area contributed by atoms with Gasteiger partial charge in [-0.15, -0.1) is 0 Å². The number of Topliss-reactive ketones (excluding diaryl/α,β-unsaturated/α-hetero) is 1. The van der Waals surface area contributed by atoms with Crippen molar-refractivity contribution in [1.82, 2.24) is 0 Å². The van der Waals surface area contributed by atoms with Crippen molar-refractivity contribution in [1.29, 1.82) is 0 Å². The molecule has 0 aromatic heterocycles. The van der Waals surface area contributed by atoms with Gasteiger partial charge < -0.3 is 20.3 Å². The fraction of sp³-hybridized carbons (Fsp3) is 0.167. The third-order valence-corrected chi connectivity index (χ3v) is 4.02. The number of nitrogens with one attached hydrogen (secondary N) is 1. The number of ether oxygens (including phenoxy) is 1. The molecule has 1 atom stereocenters. The van der Waals surface area contributed by atoms with Gasteiger partial charge in [-0.1, -0.05) is 23.2 Å². The van der Waals surface area contributed by atoms with Gasteiger partial charge in [0.2, 0.25) is 0 Å². The zero-order chi connectivity index (χ0) is 20.1. The lowest BCUT2D eigenvalue weighted by Crippen LogP contribution is -2.23. The van der Waals surface area contributed by atoms with E-state index in [1.807, 2.05) is 0 Å². The van der Waals surface area contributed by atoms with Crippen LogP contribution in [0.3, 0.4) is 0 Å². The Bertz CT molecular complexity index is 882. The van der Waals surface area contributed by atoms with E-state index >= 15 is 0 Å². The number of carboxylic acids is 1. The number of carboxylic acid groups (broad SMARTS) is 1. The third kappa shape index (κ3) is 5.35. The lowest BCUT2D eigenvalue weighted by atomic mass is 10.1. The van der Waals surface area contributed by atoms with E-state index in [-0.39, 0.29) is 22.2 Å². The summed E-state index contributed by atoms with van der Waals surface area (Å²) in [5.74, 6) is -3.76. The zero-order valence-electron chi connectivity index (χ0n) is 14.0. The number of carbonyl (C=O) groups is 3. The summed E-state index contributed by atoms with van der Waals surface area (Å²) in [7, 11) is 0. The van der Waals surface area contributed by atoms with Crippen LogP contribution in [0.4, 0.5) is 5.69 Å². The molecule has 1 amide bonds. The highest BCUT2D eigenvalue weighted by Crippen LogP contribution is 2.31. The largest absolute Gasteiger partial charge is 0.506 e. The first-order valence-corrected chi connectivity index (χ1v) is 8.44. The van der Waals surface area contributed by atoms with Gasteiger partial charge in [-0.2, -0.15) is 0 Å². The number of aromatic hydroxyl groups is 1. The summed E-state index contributed by atoms with van der Waals surface area (Å²) < 4.78 is 5.33. The Morgan fingerprint density at radius 3 is 2.37 bits per heavy atom. The molecule has 0 aliphatic heterocycles. The summed E-state index contributed by atoms with van der Waals surface area (Å²) in [5, 5.41) is 21.0.